The van der Waals surface area contributed by atoms with Gasteiger partial charge < -0.3 is 17.3 Å². The molecule has 36 valence electrons. The summed E-state index contributed by atoms with van der Waals surface area (Å²) in [6, 6.07) is 0. The Kier molecular flexibility index (Phi) is 15.1. The monoisotopic (exact) mass is 151 g/mol. The number of hydrogen-bond donors (Lipinski definition) is 0. The Morgan fingerprint density at radius 2 is 0.857 bits per heavy atom. The van der Waals surface area contributed by atoms with Gasteiger partial charge in [-0.15, -0.1) is 0 Å². The van der Waals surface area contributed by atoms with Gasteiger partial charge in [-0.2, -0.15) is 0 Å². The summed E-state index contributed by atoms with van der Waals surface area (Å²) in [6.07, 6.45) is 0. The molecule has 0 bridgehead atoms. The van der Waals surface area contributed by atoms with E-state index in [0.29, 0.717) is 0 Å². The second-order valence-electron chi connectivity index (χ2n) is 0.495. The van der Waals surface area contributed by atoms with E-state index < -0.39 is 7.25 Å². The molecule has 0 aromatic carbocycles. The van der Waals surface area contributed by atoms with E-state index in [1.807, 2.05) is 0 Å². The van der Waals surface area contributed by atoms with Crippen LogP contribution in [-0.2, 0) is 0 Å². The van der Waals surface area contributed by atoms with E-state index in [1.165, 1.54) is 0 Å². The van der Waals surface area contributed by atoms with E-state index >= 15 is 0 Å². The average molecular weight is 151 g/mol. The molecule has 0 saturated carbocycles. The first-order valence-corrected chi connectivity index (χ1v) is 0.873. The quantitative estimate of drug-likeness (QED) is 0.337. The zero-order valence-corrected chi connectivity index (χ0v) is 2.09. The second kappa shape index (κ2) is 6.54. The number of hydrogen-bond acceptors (Lipinski definition) is 0. The van der Waals surface area contributed by atoms with Crippen LogP contribution in [0.25, 0.3) is 0 Å². The van der Waals surface area contributed by atoms with E-state index in [1.54, 1.807) is 0 Å². The van der Waals surface area contributed by atoms with Crippen molar-refractivity contribution in [2.45, 2.75) is 0 Å². The molecule has 0 heterocycles. The van der Waals surface area contributed by atoms with Crippen LogP contribution in [0.15, 0.2) is 0 Å². The molecule has 0 atom stereocenters. The maximum absolute atomic E-state index is 9.75. The van der Waals surface area contributed by atoms with Gasteiger partial charge in [0.2, 0.25) is 0 Å². The van der Waals surface area contributed by atoms with Crippen LogP contribution in [0, 0.1) is 0 Å². The zero-order valence-electron chi connectivity index (χ0n) is 2.09. The van der Waals surface area contributed by atoms with E-state index in [2.05, 4.69) is 0 Å². The Hall–Kier alpha value is 2.42. The summed E-state index contributed by atoms with van der Waals surface area (Å²) in [5, 5.41) is 0. The fraction of sp³-hybridized carbons (Fsp3) is 0. The maximum atomic E-state index is 9.75. The third-order valence-corrected chi connectivity index (χ3v) is 0. The van der Waals surface area contributed by atoms with Crippen molar-refractivity contribution in [3.05, 3.63) is 0 Å². The molecule has 0 saturated heterocycles. The van der Waals surface area contributed by atoms with Gasteiger partial charge in [0.15, 0.2) is 0 Å². The molecule has 0 nitrogen and oxygen atoms in total. The van der Waals surface area contributed by atoms with Crippen LogP contribution in [0.3, 0.4) is 0 Å². The van der Waals surface area contributed by atoms with Crippen LogP contribution in [0.4, 0.5) is 17.3 Å². The van der Waals surface area contributed by atoms with Crippen molar-refractivity contribution in [3.8, 4) is 0 Å². The van der Waals surface area contributed by atoms with Gasteiger partial charge in [-0.05, 0) is 0 Å². The van der Waals surface area contributed by atoms with E-state index in [-0.39, 0.29) is 80.9 Å². The summed E-state index contributed by atoms with van der Waals surface area (Å²) in [7, 11) is -6.00. The molecule has 0 fully saturated rings. The molecule has 0 spiro atoms. The van der Waals surface area contributed by atoms with Crippen LogP contribution in [0.2, 0.25) is 0 Å². The second-order valence-corrected chi connectivity index (χ2v) is 0.495. The van der Waals surface area contributed by atoms with Gasteiger partial charge in [0.1, 0.15) is 0 Å². The topological polar surface area (TPSA) is 0 Å². The molecule has 0 aliphatic rings. The molecule has 0 aromatic rings. The summed E-state index contributed by atoms with van der Waals surface area (Å²) in [5.74, 6) is 0. The molecule has 0 rings (SSSR count). The van der Waals surface area contributed by atoms with E-state index in [9.17, 15) is 17.3 Å². The fourth-order valence-corrected chi connectivity index (χ4v) is 0. The Labute approximate surface area is 103 Å². The van der Waals surface area contributed by atoms with Gasteiger partial charge in [-0.1, -0.05) is 0 Å². The van der Waals surface area contributed by atoms with Gasteiger partial charge >= 0.3 is 88.2 Å². The van der Waals surface area contributed by atoms with Crippen LogP contribution in [0.5, 0.6) is 0 Å². The Balaban J connectivity index is -0.0000000800. The molecule has 0 radical (unpaired) electrons. The van der Waals surface area contributed by atoms with Crippen molar-refractivity contribution < 1.29 is 17.3 Å². The molecule has 0 N–H and O–H groups in total. The minimum atomic E-state index is -6.00. The Bertz CT molecular complexity index is 27.2. The van der Waals surface area contributed by atoms with Gasteiger partial charge in [0, 0.05) is 0 Å². The first kappa shape index (κ1) is 16.2. The molecular weight excluding hydrogens is 149 g/mol. The van der Waals surface area contributed by atoms with Gasteiger partial charge in [0.05, 0.1) is 0 Å². The van der Waals surface area contributed by atoms with Crippen LogP contribution in [0.1, 0.15) is 0 Å². The van der Waals surface area contributed by atoms with Crippen LogP contribution >= 0.6 is 0 Å². The zero-order chi connectivity index (χ0) is 4.50. The van der Waals surface area contributed by atoms with Crippen molar-refractivity contribution in [1.29, 1.82) is 0 Å². The molecule has 0 aliphatic heterocycles. The normalized spacial score (nSPS) is 8.57. The number of halogens is 4. The van der Waals surface area contributed by atoms with E-state index in [0.717, 1.165) is 0 Å². The predicted octanol–water partition coefficient (Wildman–Crippen LogP) is 0.00300. The molecule has 0 aliphatic carbocycles. The minimum absolute atomic E-state index is 0. The first-order valence-electron chi connectivity index (χ1n) is 0.873. The summed E-state index contributed by atoms with van der Waals surface area (Å²) >= 11 is 0. The fourth-order valence-electron chi connectivity index (χ4n) is 0. The standard InChI is InChI=1S/BF4.K.Na.2H/c2-1(3,4)5;;;;/q-1;;;;. The summed E-state index contributed by atoms with van der Waals surface area (Å²) < 4.78 is 39.0. The molecule has 0 amide bonds. The average Bonchev–Trinajstić information content (AvgIpc) is 0.722. The van der Waals surface area contributed by atoms with Crippen molar-refractivity contribution in [2.75, 3.05) is 0 Å². The van der Waals surface area contributed by atoms with Crippen molar-refractivity contribution in [2.24, 2.45) is 0 Å². The number of rotatable bonds is 0. The predicted molar refractivity (Wildman–Crippen MR) is 24.5 cm³/mol. The van der Waals surface area contributed by atoms with Crippen molar-refractivity contribution in [3.63, 3.8) is 0 Å². The van der Waals surface area contributed by atoms with Crippen molar-refractivity contribution in [1.82, 2.24) is 0 Å². The molecule has 7 heteroatoms. The SMILES string of the molecule is F[B-](F)(F)F.[KH].[NaH]. The Morgan fingerprint density at radius 3 is 0.857 bits per heavy atom. The third kappa shape index (κ3) is 59.2. The van der Waals surface area contributed by atoms with Crippen LogP contribution < -0.4 is 0 Å². The van der Waals surface area contributed by atoms with Gasteiger partial charge in [-0.3, -0.25) is 0 Å². The summed E-state index contributed by atoms with van der Waals surface area (Å²) in [5.41, 5.74) is 0. The van der Waals surface area contributed by atoms with Crippen LogP contribution in [-0.4, -0.2) is 88.2 Å². The summed E-state index contributed by atoms with van der Waals surface area (Å²) in [6.45, 7) is 0. The van der Waals surface area contributed by atoms with Gasteiger partial charge in [-0.25, -0.2) is 0 Å². The van der Waals surface area contributed by atoms with Crippen molar-refractivity contribution >= 4 is 88.2 Å². The van der Waals surface area contributed by atoms with Gasteiger partial charge in [0.25, 0.3) is 0 Å². The van der Waals surface area contributed by atoms with E-state index in [4.69, 9.17) is 0 Å². The Morgan fingerprint density at radius 1 is 0.857 bits per heavy atom. The third-order valence-electron chi connectivity index (χ3n) is 0. The molecule has 7 heavy (non-hydrogen) atoms. The molecule has 0 unspecified atom stereocenters. The molecular formula is H2BF4KNa-. The first-order chi connectivity index (χ1) is 2.00. The summed E-state index contributed by atoms with van der Waals surface area (Å²) in [4.78, 5) is 0. The molecule has 0 aromatic heterocycles.